The van der Waals surface area contributed by atoms with Gasteiger partial charge in [0, 0.05) is 101 Å². The number of nitrogens with zero attached hydrogens (tertiary/aromatic N) is 10. The van der Waals surface area contributed by atoms with E-state index < -0.39 is 17.5 Å². The number of carbonyl (C=O) groups excluding carboxylic acids is 4. The van der Waals surface area contributed by atoms with Crippen molar-refractivity contribution in [2.45, 2.75) is 57.4 Å². The Labute approximate surface area is 349 Å². The van der Waals surface area contributed by atoms with Gasteiger partial charge in [-0.3, -0.25) is 33.7 Å². The van der Waals surface area contributed by atoms with E-state index in [0.717, 1.165) is 63.9 Å². The number of hydrogen-bond acceptors (Lipinski definition) is 13. The van der Waals surface area contributed by atoms with Crippen molar-refractivity contribution in [2.24, 2.45) is 5.92 Å². The molecule has 3 aliphatic rings. The van der Waals surface area contributed by atoms with Gasteiger partial charge >= 0.3 is 0 Å². The number of nitrogens with one attached hydrogen (secondary N) is 2. The number of imide groups is 1. The van der Waals surface area contributed by atoms with Crippen LogP contribution in [0.15, 0.2) is 82.6 Å². The molecule has 0 radical (unpaired) electrons. The summed E-state index contributed by atoms with van der Waals surface area (Å²) in [6.45, 7) is 4.43. The van der Waals surface area contributed by atoms with Gasteiger partial charge in [-0.2, -0.15) is 4.68 Å². The predicted molar refractivity (Wildman–Crippen MR) is 224 cm³/mol. The highest BCUT2D eigenvalue weighted by Crippen LogP contribution is 2.28. The summed E-state index contributed by atoms with van der Waals surface area (Å²) in [6.07, 6.45) is 9.22. The maximum absolute atomic E-state index is 13.4. The average molecular weight is 827 g/mol. The van der Waals surface area contributed by atoms with Crippen molar-refractivity contribution < 1.29 is 23.6 Å². The van der Waals surface area contributed by atoms with Gasteiger partial charge in [0.05, 0.1) is 11.6 Å². The number of carbonyl (C=O) groups is 4. The summed E-state index contributed by atoms with van der Waals surface area (Å²) in [6, 6.07) is 16.7. The molecule has 7 heterocycles. The van der Waals surface area contributed by atoms with Crippen molar-refractivity contribution in [3.05, 3.63) is 95.3 Å². The zero-order chi connectivity index (χ0) is 41.9. The summed E-state index contributed by atoms with van der Waals surface area (Å²) in [5.74, 6) is 0.789. The van der Waals surface area contributed by atoms with Crippen LogP contribution in [0.5, 0.6) is 0 Å². The molecule has 18 heteroatoms. The van der Waals surface area contributed by atoms with Crippen LogP contribution in [0.25, 0.3) is 27.7 Å². The topological polar surface area (TPSA) is 206 Å². The number of piperazine rings is 1. The highest BCUT2D eigenvalue weighted by Gasteiger charge is 2.31. The third-order valence-electron chi connectivity index (χ3n) is 12.0. The van der Waals surface area contributed by atoms with E-state index in [9.17, 15) is 24.0 Å². The first-order valence-corrected chi connectivity index (χ1v) is 20.9. The number of aromatic nitrogens is 7. The number of benzene rings is 2. The second-order valence-electron chi connectivity index (χ2n) is 15.8. The molecule has 3 saturated heterocycles. The maximum Gasteiger partial charge on any atom is 0.278 e. The summed E-state index contributed by atoms with van der Waals surface area (Å²) in [7, 11) is 0. The van der Waals surface area contributed by atoms with Gasteiger partial charge < -0.3 is 24.4 Å². The van der Waals surface area contributed by atoms with Crippen molar-refractivity contribution in [1.82, 2.24) is 50.1 Å². The van der Waals surface area contributed by atoms with Crippen molar-refractivity contribution in [1.29, 1.82) is 0 Å². The van der Waals surface area contributed by atoms with Crippen LogP contribution in [0.1, 0.15) is 56.2 Å². The molecule has 3 fully saturated rings. The SMILES string of the molecule is O=C1CCC(n2nnc3ccc(N4CCC(C(=O)NCCCC(=O)N5CCN(c6ccc(-c7cnc(CCc8ccco8)n8cnnc78)cc6)CC5)CC4)cc3c2=O)C(=O)N1. The Morgan fingerprint density at radius 3 is 2.43 bits per heavy atom. The monoisotopic (exact) mass is 826 g/mol. The number of rotatable bonds is 12. The van der Waals surface area contributed by atoms with Crippen LogP contribution in [0.3, 0.4) is 0 Å². The first-order chi connectivity index (χ1) is 29.8. The van der Waals surface area contributed by atoms with Gasteiger partial charge in [0.1, 0.15) is 29.5 Å². The molecule has 2 N–H and O–H groups in total. The molecule has 61 heavy (non-hydrogen) atoms. The number of fused-ring (bicyclic) bond motifs is 2. The Kier molecular flexibility index (Phi) is 11.2. The van der Waals surface area contributed by atoms with Gasteiger partial charge in [0.2, 0.25) is 17.7 Å². The fraction of sp³-hybridized carbons (Fsp3) is 0.395. The summed E-state index contributed by atoms with van der Waals surface area (Å²) in [4.78, 5) is 74.6. The van der Waals surface area contributed by atoms with Crippen LogP contribution in [-0.4, -0.2) is 109 Å². The molecule has 4 aromatic heterocycles. The molecule has 314 valence electrons. The number of aryl methyl sites for hydroxylation is 2. The van der Waals surface area contributed by atoms with E-state index >= 15 is 0 Å². The van der Waals surface area contributed by atoms with Gasteiger partial charge in [-0.05, 0) is 73.7 Å². The minimum atomic E-state index is -0.891. The first-order valence-electron chi connectivity index (χ1n) is 20.9. The Balaban J connectivity index is 0.702. The molecule has 18 nitrogen and oxygen atoms in total. The molecule has 9 rings (SSSR count). The molecule has 2 aromatic carbocycles. The summed E-state index contributed by atoms with van der Waals surface area (Å²) < 4.78 is 8.47. The Hall–Kier alpha value is -6.98. The molecule has 0 saturated carbocycles. The maximum atomic E-state index is 13.4. The first kappa shape index (κ1) is 39.5. The Bertz CT molecular complexity index is 2630. The van der Waals surface area contributed by atoms with E-state index in [1.807, 2.05) is 33.7 Å². The number of furan rings is 1. The van der Waals surface area contributed by atoms with Crippen molar-refractivity contribution in [3.8, 4) is 11.1 Å². The molecule has 0 bridgehead atoms. The zero-order valence-electron chi connectivity index (χ0n) is 33.6. The molecule has 6 aromatic rings. The van der Waals surface area contributed by atoms with E-state index in [-0.39, 0.29) is 36.5 Å². The van der Waals surface area contributed by atoms with Crippen LogP contribution >= 0.6 is 0 Å². The minimum Gasteiger partial charge on any atom is -0.469 e. The molecule has 3 aliphatic heterocycles. The lowest BCUT2D eigenvalue weighted by molar-refractivity contribution is -0.136. The van der Waals surface area contributed by atoms with Crippen LogP contribution in [0.2, 0.25) is 0 Å². The van der Waals surface area contributed by atoms with Crippen molar-refractivity contribution >= 4 is 51.6 Å². The zero-order valence-corrected chi connectivity index (χ0v) is 33.6. The van der Waals surface area contributed by atoms with Crippen LogP contribution in [0, 0.1) is 5.92 Å². The fourth-order valence-electron chi connectivity index (χ4n) is 8.52. The number of piperidine rings is 2. The molecule has 0 aliphatic carbocycles. The molecular formula is C43H46N12O6. The standard InChI is InChI=1S/C43H46N12O6/c56-38-14-12-36(42(59)47-38)55-43(60)33-25-31(9-11-35(33)48-50-55)51-18-15-29(16-19-51)41(58)44-17-1-4-39(57)53-22-20-52(21-23-53)30-7-5-28(6-8-30)34-26-45-37(54-27-46-49-40(34)54)13-10-32-3-2-24-61-32/h2-3,5-9,11,24-27,29,36H,1,4,10,12-23H2,(H,44,58)(H,47,56,59). The van der Waals surface area contributed by atoms with E-state index in [1.165, 1.54) is 0 Å². The van der Waals surface area contributed by atoms with Crippen LogP contribution in [0.4, 0.5) is 11.4 Å². The highest BCUT2D eigenvalue weighted by atomic mass is 16.3. The van der Waals surface area contributed by atoms with E-state index in [2.05, 4.69) is 65.2 Å². The van der Waals surface area contributed by atoms with Gasteiger partial charge in [-0.15, -0.1) is 15.3 Å². The van der Waals surface area contributed by atoms with E-state index in [4.69, 9.17) is 9.40 Å². The lowest BCUT2D eigenvalue weighted by Crippen LogP contribution is -2.48. The second-order valence-corrected chi connectivity index (χ2v) is 15.8. The highest BCUT2D eigenvalue weighted by molar-refractivity contribution is 5.99. The second kappa shape index (κ2) is 17.3. The van der Waals surface area contributed by atoms with E-state index in [0.29, 0.717) is 75.7 Å². The summed E-state index contributed by atoms with van der Waals surface area (Å²) in [5, 5.41) is 22.3. The number of hydrogen-bond donors (Lipinski definition) is 2. The largest absolute Gasteiger partial charge is 0.469 e. The van der Waals surface area contributed by atoms with Gasteiger partial charge in [-0.1, -0.05) is 17.3 Å². The molecule has 0 spiro atoms. The fourth-order valence-corrected chi connectivity index (χ4v) is 8.52. The molecular weight excluding hydrogens is 781 g/mol. The quantitative estimate of drug-likeness (QED) is 0.135. The molecule has 1 atom stereocenters. The Morgan fingerprint density at radius 2 is 1.66 bits per heavy atom. The van der Waals surface area contributed by atoms with Crippen molar-refractivity contribution in [3.63, 3.8) is 0 Å². The number of anilines is 2. The normalized spacial score (nSPS) is 17.6. The van der Waals surface area contributed by atoms with Crippen molar-refractivity contribution in [2.75, 3.05) is 55.6 Å². The predicted octanol–water partition coefficient (Wildman–Crippen LogP) is 2.71. The lowest BCUT2D eigenvalue weighted by Gasteiger charge is -2.36. The molecule has 4 amide bonds. The van der Waals surface area contributed by atoms with E-state index in [1.54, 1.807) is 24.7 Å². The third kappa shape index (κ3) is 8.42. The van der Waals surface area contributed by atoms with Crippen LogP contribution in [-0.2, 0) is 32.0 Å². The average Bonchev–Trinajstić information content (AvgIpc) is 4.01. The number of amides is 4. The van der Waals surface area contributed by atoms with Gasteiger partial charge in [-0.25, -0.2) is 4.98 Å². The van der Waals surface area contributed by atoms with Gasteiger partial charge in [0.15, 0.2) is 5.65 Å². The summed E-state index contributed by atoms with van der Waals surface area (Å²) >= 11 is 0. The lowest BCUT2D eigenvalue weighted by atomic mass is 9.95. The summed E-state index contributed by atoms with van der Waals surface area (Å²) in [5.41, 5.74) is 4.55. The van der Waals surface area contributed by atoms with Crippen LogP contribution < -0.4 is 26.0 Å². The Morgan fingerprint density at radius 1 is 0.869 bits per heavy atom. The minimum absolute atomic E-state index is 0.00657. The van der Waals surface area contributed by atoms with Gasteiger partial charge in [0.25, 0.3) is 11.5 Å². The smallest absolute Gasteiger partial charge is 0.278 e. The third-order valence-corrected chi connectivity index (χ3v) is 12.0. The molecule has 1 unspecified atom stereocenters.